The van der Waals surface area contributed by atoms with Gasteiger partial charge in [0.1, 0.15) is 5.82 Å². The lowest BCUT2D eigenvalue weighted by molar-refractivity contribution is 0.208. The average Bonchev–Trinajstić information content (AvgIpc) is 2.54. The average molecular weight is 445 g/mol. The van der Waals surface area contributed by atoms with Crippen molar-refractivity contribution in [3.63, 3.8) is 0 Å². The summed E-state index contributed by atoms with van der Waals surface area (Å²) < 4.78 is 0. The van der Waals surface area contributed by atoms with Crippen molar-refractivity contribution in [1.29, 1.82) is 0 Å². The molecule has 0 aliphatic carbocycles. The van der Waals surface area contributed by atoms with Gasteiger partial charge < -0.3 is 15.5 Å². The van der Waals surface area contributed by atoms with E-state index in [9.17, 15) is 0 Å². The van der Waals surface area contributed by atoms with E-state index in [1.165, 1.54) is 6.42 Å². The molecule has 2 atom stereocenters. The van der Waals surface area contributed by atoms with E-state index in [1.807, 2.05) is 31.4 Å². The molecule has 136 valence electrons. The number of hydrogen-bond donors (Lipinski definition) is 2. The van der Waals surface area contributed by atoms with Crippen LogP contribution in [0, 0.1) is 11.8 Å². The van der Waals surface area contributed by atoms with Crippen LogP contribution in [-0.4, -0.2) is 49.1 Å². The number of likely N-dealkylation sites (tertiary alicyclic amines) is 1. The zero-order valence-electron chi connectivity index (χ0n) is 15.2. The van der Waals surface area contributed by atoms with Gasteiger partial charge in [0.2, 0.25) is 0 Å². The van der Waals surface area contributed by atoms with Crippen LogP contribution in [0.3, 0.4) is 0 Å². The van der Waals surface area contributed by atoms with Crippen LogP contribution < -0.4 is 10.6 Å². The van der Waals surface area contributed by atoms with Gasteiger partial charge in [-0.05, 0) is 43.2 Å². The fraction of sp³-hybridized carbons (Fsp3) is 0.667. The predicted molar refractivity (Wildman–Crippen MR) is 113 cm³/mol. The molecule has 5 nitrogen and oxygen atoms in total. The molecule has 2 N–H and O–H groups in total. The smallest absolute Gasteiger partial charge is 0.193 e. The number of nitrogens with one attached hydrogen (secondary N) is 2. The van der Waals surface area contributed by atoms with Gasteiger partial charge >= 0.3 is 0 Å². The second kappa shape index (κ2) is 11.5. The number of halogens is 1. The monoisotopic (exact) mass is 445 g/mol. The van der Waals surface area contributed by atoms with Gasteiger partial charge in [-0.2, -0.15) is 0 Å². The molecule has 1 saturated heterocycles. The van der Waals surface area contributed by atoms with Crippen LogP contribution in [0.15, 0.2) is 29.4 Å². The maximum Gasteiger partial charge on any atom is 0.193 e. The lowest BCUT2D eigenvalue weighted by Crippen LogP contribution is -2.48. The van der Waals surface area contributed by atoms with Crippen LogP contribution in [-0.2, 0) is 0 Å². The minimum atomic E-state index is 0. The topological polar surface area (TPSA) is 52.6 Å². The van der Waals surface area contributed by atoms with Gasteiger partial charge in [0, 0.05) is 39.4 Å². The molecular weight excluding hydrogens is 413 g/mol. The zero-order valence-corrected chi connectivity index (χ0v) is 17.5. The van der Waals surface area contributed by atoms with Gasteiger partial charge in [0.05, 0.1) is 0 Å². The summed E-state index contributed by atoms with van der Waals surface area (Å²) in [5.74, 6) is 3.51. The Balaban J connectivity index is 0.00000288. The van der Waals surface area contributed by atoms with Crippen molar-refractivity contribution in [1.82, 2.24) is 15.2 Å². The Labute approximate surface area is 163 Å². The standard InChI is InChI=1S/C18H31N5.HI/c1-15-12-16(2)14-23(13-15)18(19-3)22-11-7-6-10-21-17-8-4-5-9-20-17;/h4-5,8-9,15-16H,6-7,10-14H2,1-3H3,(H,19,22)(H,20,21);1H. The van der Waals surface area contributed by atoms with Crippen molar-refractivity contribution in [2.75, 3.05) is 38.5 Å². The Morgan fingerprint density at radius 1 is 1.21 bits per heavy atom. The lowest BCUT2D eigenvalue weighted by Gasteiger charge is -2.37. The number of aromatic nitrogens is 1. The van der Waals surface area contributed by atoms with E-state index >= 15 is 0 Å². The summed E-state index contributed by atoms with van der Waals surface area (Å²) in [6.45, 7) is 8.82. The van der Waals surface area contributed by atoms with Gasteiger partial charge in [-0.15, -0.1) is 24.0 Å². The summed E-state index contributed by atoms with van der Waals surface area (Å²) in [6, 6.07) is 5.93. The number of guanidine groups is 1. The van der Waals surface area contributed by atoms with Gasteiger partial charge in [0.25, 0.3) is 0 Å². The first-order valence-corrected chi connectivity index (χ1v) is 8.79. The van der Waals surface area contributed by atoms with Crippen LogP contribution in [0.25, 0.3) is 0 Å². The molecule has 2 rings (SSSR count). The Bertz CT molecular complexity index is 470. The number of anilines is 1. The number of aliphatic imine (C=N–C) groups is 1. The van der Waals surface area contributed by atoms with E-state index < -0.39 is 0 Å². The van der Waals surface area contributed by atoms with Crippen molar-refractivity contribution < 1.29 is 0 Å². The van der Waals surface area contributed by atoms with Crippen LogP contribution >= 0.6 is 24.0 Å². The summed E-state index contributed by atoms with van der Waals surface area (Å²) in [6.07, 6.45) is 5.38. The van der Waals surface area contributed by atoms with Gasteiger partial charge in [-0.3, -0.25) is 4.99 Å². The maximum absolute atomic E-state index is 4.45. The highest BCUT2D eigenvalue weighted by Gasteiger charge is 2.23. The number of unbranched alkanes of at least 4 members (excludes halogenated alkanes) is 1. The lowest BCUT2D eigenvalue weighted by atomic mass is 9.92. The number of rotatable bonds is 6. The first-order chi connectivity index (χ1) is 11.2. The first kappa shape index (κ1) is 21.0. The Morgan fingerprint density at radius 2 is 1.92 bits per heavy atom. The molecule has 0 aromatic carbocycles. The van der Waals surface area contributed by atoms with Crippen LogP contribution in [0.1, 0.15) is 33.1 Å². The Morgan fingerprint density at radius 3 is 2.54 bits per heavy atom. The van der Waals surface area contributed by atoms with Crippen molar-refractivity contribution in [3.05, 3.63) is 24.4 Å². The quantitative estimate of drug-likeness (QED) is 0.305. The summed E-state index contributed by atoms with van der Waals surface area (Å²) >= 11 is 0. The molecule has 1 aliphatic heterocycles. The summed E-state index contributed by atoms with van der Waals surface area (Å²) in [5.41, 5.74) is 0. The molecule has 2 heterocycles. The number of pyridine rings is 1. The fourth-order valence-corrected chi connectivity index (χ4v) is 3.30. The number of piperidine rings is 1. The second-order valence-corrected chi connectivity index (χ2v) is 6.67. The van der Waals surface area contributed by atoms with E-state index in [4.69, 9.17) is 0 Å². The van der Waals surface area contributed by atoms with Crippen molar-refractivity contribution in [2.24, 2.45) is 16.8 Å². The molecule has 0 amide bonds. The van der Waals surface area contributed by atoms with E-state index in [2.05, 4.69) is 39.4 Å². The molecule has 0 spiro atoms. The zero-order chi connectivity index (χ0) is 16.5. The molecular formula is C18H32IN5. The minimum absolute atomic E-state index is 0. The molecule has 1 aromatic rings. The molecule has 0 bridgehead atoms. The van der Waals surface area contributed by atoms with E-state index in [-0.39, 0.29) is 24.0 Å². The highest BCUT2D eigenvalue weighted by molar-refractivity contribution is 14.0. The molecule has 2 unspecified atom stereocenters. The third kappa shape index (κ3) is 7.23. The largest absolute Gasteiger partial charge is 0.370 e. The number of hydrogen-bond acceptors (Lipinski definition) is 3. The van der Waals surface area contributed by atoms with Crippen LogP contribution in [0.2, 0.25) is 0 Å². The Kier molecular flexibility index (Phi) is 10.1. The van der Waals surface area contributed by atoms with Crippen LogP contribution in [0.4, 0.5) is 5.82 Å². The summed E-state index contributed by atoms with van der Waals surface area (Å²) in [7, 11) is 1.88. The molecule has 1 aromatic heterocycles. The first-order valence-electron chi connectivity index (χ1n) is 8.79. The van der Waals surface area contributed by atoms with Crippen LogP contribution in [0.5, 0.6) is 0 Å². The predicted octanol–water partition coefficient (Wildman–Crippen LogP) is 3.45. The normalized spacial score (nSPS) is 21.1. The third-order valence-corrected chi connectivity index (χ3v) is 4.24. The molecule has 6 heteroatoms. The minimum Gasteiger partial charge on any atom is -0.370 e. The van der Waals surface area contributed by atoms with Gasteiger partial charge in [-0.25, -0.2) is 4.98 Å². The SMILES string of the molecule is CN=C(NCCCCNc1ccccn1)N1CC(C)CC(C)C1.I. The third-order valence-electron chi connectivity index (χ3n) is 4.24. The maximum atomic E-state index is 4.45. The summed E-state index contributed by atoms with van der Waals surface area (Å²) in [5, 5.41) is 6.85. The van der Waals surface area contributed by atoms with Crippen molar-refractivity contribution in [2.45, 2.75) is 33.1 Å². The summed E-state index contributed by atoms with van der Waals surface area (Å²) in [4.78, 5) is 11.1. The molecule has 24 heavy (non-hydrogen) atoms. The van der Waals surface area contributed by atoms with E-state index in [1.54, 1.807) is 0 Å². The highest BCUT2D eigenvalue weighted by Crippen LogP contribution is 2.20. The van der Waals surface area contributed by atoms with Crippen molar-refractivity contribution >= 4 is 35.8 Å². The van der Waals surface area contributed by atoms with E-state index in [0.717, 1.165) is 62.6 Å². The highest BCUT2D eigenvalue weighted by atomic mass is 127. The number of nitrogens with zero attached hydrogens (tertiary/aromatic N) is 3. The molecule has 0 saturated carbocycles. The van der Waals surface area contributed by atoms with E-state index in [0.29, 0.717) is 0 Å². The molecule has 1 aliphatic rings. The second-order valence-electron chi connectivity index (χ2n) is 6.67. The molecule has 1 fully saturated rings. The fourth-order valence-electron chi connectivity index (χ4n) is 3.30. The van der Waals surface area contributed by atoms with Gasteiger partial charge in [0.15, 0.2) is 5.96 Å². The van der Waals surface area contributed by atoms with Gasteiger partial charge in [-0.1, -0.05) is 19.9 Å². The molecule has 0 radical (unpaired) electrons. The Hall–Kier alpha value is -1.05. The van der Waals surface area contributed by atoms with Crippen molar-refractivity contribution in [3.8, 4) is 0 Å².